The molecule has 0 atom stereocenters. The van der Waals surface area contributed by atoms with E-state index >= 15 is 0 Å². The fourth-order valence-corrected chi connectivity index (χ4v) is 11.5. The van der Waals surface area contributed by atoms with Crippen LogP contribution in [0.2, 0.25) is 0 Å². The number of benzene rings is 6. The zero-order chi connectivity index (χ0) is 54.1. The maximum atomic E-state index is 11.7. The lowest BCUT2D eigenvalue weighted by Crippen LogP contribution is -2.30. The van der Waals surface area contributed by atoms with Crippen LogP contribution in [0.25, 0.3) is 55.6 Å². The zero-order valence-corrected chi connectivity index (χ0v) is 46.1. The van der Waals surface area contributed by atoms with Crippen molar-refractivity contribution < 1.29 is 28.7 Å². The minimum atomic E-state index is -0.192. The molecule has 3 aliphatic rings. The molecule has 2 heterocycles. The highest BCUT2D eigenvalue weighted by Gasteiger charge is 2.39. The van der Waals surface area contributed by atoms with Crippen LogP contribution in [0, 0.1) is 0 Å². The lowest BCUT2D eigenvalue weighted by molar-refractivity contribution is -0.138. The number of carbonyl (C=O) groups excluding carboxylic acids is 4. The van der Waals surface area contributed by atoms with Crippen LogP contribution in [-0.2, 0) is 24.6 Å². The molecule has 0 N–H and O–H groups in total. The standard InChI is InChI=1S/C70H78N2O6/c1-3-4-5-6-11-16-45-70(2)64-50-58(56-25-21-52(22-26-56)54-29-35-60(36-30-54)77-48-19-14-9-7-12-17-46-71-66(73)41-42-67(71)74)33-39-62(64)63-40-34-59(51-65(63)70)57-27-23-53(24-28-57)55-31-37-61(38-32-55)78-49-20-15-10-8-13-18-47-72-68(75)43-44-69(72)76/h21-44,50-51H,3-20,45-49H2,1-2H3. The Balaban J connectivity index is 0.770. The van der Waals surface area contributed by atoms with Crippen LogP contribution in [0.4, 0.5) is 0 Å². The second-order valence-electron chi connectivity index (χ2n) is 21.8. The summed E-state index contributed by atoms with van der Waals surface area (Å²) < 4.78 is 12.2. The Morgan fingerprint density at radius 2 is 0.641 bits per heavy atom. The molecule has 0 saturated carbocycles. The Morgan fingerprint density at radius 1 is 0.346 bits per heavy atom. The Bertz CT molecular complexity index is 2810. The number of unbranched alkanes of at least 4 members (excludes halogenated alkanes) is 15. The van der Waals surface area contributed by atoms with E-state index in [9.17, 15) is 19.2 Å². The molecule has 0 aromatic heterocycles. The van der Waals surface area contributed by atoms with Crippen molar-refractivity contribution in [3.05, 3.63) is 169 Å². The predicted octanol–water partition coefficient (Wildman–Crippen LogP) is 16.7. The summed E-state index contributed by atoms with van der Waals surface area (Å²) in [5, 5.41) is 0. The molecule has 1 aliphatic carbocycles. The number of amides is 4. The Kier molecular flexibility index (Phi) is 19.4. The van der Waals surface area contributed by atoms with Gasteiger partial charge in [0.05, 0.1) is 13.2 Å². The van der Waals surface area contributed by atoms with Gasteiger partial charge in [0, 0.05) is 42.8 Å². The number of nitrogens with zero attached hydrogens (tertiary/aromatic N) is 2. The lowest BCUT2D eigenvalue weighted by atomic mass is 9.75. The second kappa shape index (κ2) is 27.3. The average molecular weight is 1040 g/mol. The van der Waals surface area contributed by atoms with Gasteiger partial charge in [-0.15, -0.1) is 0 Å². The van der Waals surface area contributed by atoms with E-state index < -0.39 is 0 Å². The molecule has 6 aromatic carbocycles. The molecule has 0 fully saturated rings. The molecular formula is C70H78N2O6. The fourth-order valence-electron chi connectivity index (χ4n) is 11.5. The van der Waals surface area contributed by atoms with Crippen molar-refractivity contribution in [1.29, 1.82) is 0 Å². The maximum absolute atomic E-state index is 11.7. The third-order valence-corrected chi connectivity index (χ3v) is 16.3. The summed E-state index contributed by atoms with van der Waals surface area (Å²) in [5.41, 5.74) is 15.1. The molecule has 0 spiro atoms. The van der Waals surface area contributed by atoms with E-state index in [1.54, 1.807) is 0 Å². The van der Waals surface area contributed by atoms with Crippen molar-refractivity contribution in [2.75, 3.05) is 26.3 Å². The van der Waals surface area contributed by atoms with Crippen LogP contribution < -0.4 is 9.47 Å². The van der Waals surface area contributed by atoms with Gasteiger partial charge in [-0.25, -0.2) is 0 Å². The third-order valence-electron chi connectivity index (χ3n) is 16.3. The molecular weight excluding hydrogens is 965 g/mol. The average Bonchev–Trinajstić information content (AvgIpc) is 4.26. The number of hydrogen-bond acceptors (Lipinski definition) is 6. The normalized spacial score (nSPS) is 14.2. The van der Waals surface area contributed by atoms with Gasteiger partial charge in [0.1, 0.15) is 11.5 Å². The van der Waals surface area contributed by atoms with Gasteiger partial charge in [-0.2, -0.15) is 0 Å². The quantitative estimate of drug-likeness (QED) is 0.0318. The number of imide groups is 2. The topological polar surface area (TPSA) is 93.2 Å². The molecule has 9 rings (SSSR count). The molecule has 0 bridgehead atoms. The maximum Gasteiger partial charge on any atom is 0.253 e. The minimum Gasteiger partial charge on any atom is -0.494 e. The highest BCUT2D eigenvalue weighted by atomic mass is 16.5. The first-order valence-corrected chi connectivity index (χ1v) is 29.2. The van der Waals surface area contributed by atoms with E-state index in [1.165, 1.54) is 139 Å². The molecule has 6 aromatic rings. The van der Waals surface area contributed by atoms with Gasteiger partial charge in [-0.3, -0.25) is 29.0 Å². The first-order chi connectivity index (χ1) is 38.2. The Morgan fingerprint density at radius 3 is 1.01 bits per heavy atom. The van der Waals surface area contributed by atoms with Crippen LogP contribution in [0.5, 0.6) is 11.5 Å². The molecule has 78 heavy (non-hydrogen) atoms. The van der Waals surface area contributed by atoms with Crippen molar-refractivity contribution in [3.63, 3.8) is 0 Å². The van der Waals surface area contributed by atoms with Gasteiger partial charge in [0.2, 0.25) is 0 Å². The fraction of sp³-hybridized carbons (Fsp3) is 0.371. The van der Waals surface area contributed by atoms with E-state index in [4.69, 9.17) is 9.47 Å². The summed E-state index contributed by atoms with van der Waals surface area (Å²) in [7, 11) is 0. The summed E-state index contributed by atoms with van der Waals surface area (Å²) >= 11 is 0. The number of carbonyl (C=O) groups is 4. The van der Waals surface area contributed by atoms with Gasteiger partial charge < -0.3 is 9.47 Å². The minimum absolute atomic E-state index is 0.106. The van der Waals surface area contributed by atoms with E-state index in [0.29, 0.717) is 26.3 Å². The summed E-state index contributed by atoms with van der Waals surface area (Å²) in [4.78, 5) is 49.5. The van der Waals surface area contributed by atoms with Crippen LogP contribution in [0.15, 0.2) is 158 Å². The smallest absolute Gasteiger partial charge is 0.253 e. The van der Waals surface area contributed by atoms with Crippen LogP contribution >= 0.6 is 0 Å². The number of fused-ring (bicyclic) bond motifs is 3. The van der Waals surface area contributed by atoms with Gasteiger partial charge in [-0.05, 0) is 135 Å². The molecule has 0 radical (unpaired) electrons. The predicted molar refractivity (Wildman–Crippen MR) is 316 cm³/mol. The first-order valence-electron chi connectivity index (χ1n) is 29.2. The Hall–Kier alpha value is -7.32. The van der Waals surface area contributed by atoms with Gasteiger partial charge in [-0.1, -0.05) is 201 Å². The zero-order valence-electron chi connectivity index (χ0n) is 46.1. The monoisotopic (exact) mass is 1040 g/mol. The molecule has 0 saturated heterocycles. The van der Waals surface area contributed by atoms with E-state index in [1.807, 2.05) is 0 Å². The van der Waals surface area contributed by atoms with Gasteiger partial charge in [0.25, 0.3) is 23.6 Å². The number of rotatable bonds is 31. The summed E-state index contributed by atoms with van der Waals surface area (Å²) in [6.45, 7) is 7.18. The summed E-state index contributed by atoms with van der Waals surface area (Å²) in [6.07, 6.45) is 26.5. The lowest BCUT2D eigenvalue weighted by Gasteiger charge is -2.28. The molecule has 8 nitrogen and oxygen atoms in total. The van der Waals surface area contributed by atoms with E-state index in [-0.39, 0.29) is 29.0 Å². The van der Waals surface area contributed by atoms with Crippen molar-refractivity contribution in [2.45, 2.75) is 141 Å². The SMILES string of the molecule is CCCCCCCCC1(C)c2cc(-c3ccc(-c4ccc(OCCCCCCCCN5C(=O)C=CC5=O)cc4)cc3)ccc2-c2ccc(-c3ccc(-c4ccc(OCCCCCCCCN5C(=O)C=CC5=O)cc4)cc3)cc21. The van der Waals surface area contributed by atoms with Crippen molar-refractivity contribution >= 4 is 23.6 Å². The highest BCUT2D eigenvalue weighted by Crippen LogP contribution is 2.53. The van der Waals surface area contributed by atoms with Crippen molar-refractivity contribution in [1.82, 2.24) is 9.80 Å². The summed E-state index contributed by atoms with van der Waals surface area (Å²) in [6, 6.07) is 49.2. The molecule has 404 valence electrons. The second-order valence-corrected chi connectivity index (χ2v) is 21.8. The van der Waals surface area contributed by atoms with Crippen LogP contribution in [0.1, 0.15) is 147 Å². The molecule has 0 unspecified atom stereocenters. The number of hydrogen-bond donors (Lipinski definition) is 0. The number of ether oxygens (including phenoxy) is 2. The highest BCUT2D eigenvalue weighted by molar-refractivity contribution is 6.13. The van der Waals surface area contributed by atoms with E-state index in [0.717, 1.165) is 95.0 Å². The van der Waals surface area contributed by atoms with Crippen molar-refractivity contribution in [2.24, 2.45) is 0 Å². The molecule has 4 amide bonds. The summed E-state index contributed by atoms with van der Waals surface area (Å²) in [5.74, 6) is 1.01. The van der Waals surface area contributed by atoms with Gasteiger partial charge >= 0.3 is 0 Å². The van der Waals surface area contributed by atoms with Crippen molar-refractivity contribution in [3.8, 4) is 67.1 Å². The van der Waals surface area contributed by atoms with Crippen LogP contribution in [0.3, 0.4) is 0 Å². The largest absolute Gasteiger partial charge is 0.494 e. The molecule has 8 heteroatoms. The molecule has 2 aliphatic heterocycles. The van der Waals surface area contributed by atoms with E-state index in [2.05, 4.69) is 147 Å². The first kappa shape index (κ1) is 55.4. The van der Waals surface area contributed by atoms with Crippen LogP contribution in [-0.4, -0.2) is 59.7 Å². The Labute approximate surface area is 463 Å². The van der Waals surface area contributed by atoms with Gasteiger partial charge in [0.15, 0.2) is 0 Å². The third kappa shape index (κ3) is 14.0.